The molecule has 148 valence electrons. The minimum atomic E-state index is -3.85. The van der Waals surface area contributed by atoms with Gasteiger partial charge >= 0.3 is 7.82 Å². The van der Waals surface area contributed by atoms with Gasteiger partial charge in [0.25, 0.3) is 5.56 Å². The van der Waals surface area contributed by atoms with Gasteiger partial charge in [0.2, 0.25) is 5.95 Å². The number of hydrogen-bond acceptors (Lipinski definition) is 9. The molecule has 14 heteroatoms. The van der Waals surface area contributed by atoms with Crippen LogP contribution < -0.4 is 11.3 Å². The highest BCUT2D eigenvalue weighted by Crippen LogP contribution is 2.61. The van der Waals surface area contributed by atoms with Gasteiger partial charge in [-0.25, -0.2) is 9.55 Å². The van der Waals surface area contributed by atoms with Gasteiger partial charge in [-0.3, -0.25) is 27.9 Å². The molecule has 0 aromatic carbocycles. The Morgan fingerprint density at radius 2 is 2.26 bits per heavy atom. The average Bonchev–Trinajstić information content (AvgIpc) is 3.05. The molecule has 2 aliphatic heterocycles. The van der Waals surface area contributed by atoms with Gasteiger partial charge in [0.15, 0.2) is 21.7 Å². The van der Waals surface area contributed by atoms with Crippen LogP contribution in [0.15, 0.2) is 11.1 Å². The molecule has 2 aromatic heterocycles. The highest BCUT2D eigenvalue weighted by molar-refractivity contribution is 7.48. The number of aromatic nitrogens is 4. The van der Waals surface area contributed by atoms with Gasteiger partial charge < -0.3 is 10.5 Å². The van der Waals surface area contributed by atoms with Crippen molar-refractivity contribution in [2.24, 2.45) is 0 Å². The molecule has 2 saturated heterocycles. The first-order chi connectivity index (χ1) is 12.6. The number of imidazole rings is 1. The van der Waals surface area contributed by atoms with Crippen molar-refractivity contribution in [1.82, 2.24) is 19.5 Å². The Bertz CT molecular complexity index is 993. The Morgan fingerprint density at radius 3 is 2.96 bits per heavy atom. The molecule has 2 aliphatic rings. The summed E-state index contributed by atoms with van der Waals surface area (Å²) in [6.07, 6.45) is -1.88. The monoisotopic (exact) mass is 439 g/mol. The van der Waals surface area contributed by atoms with Crippen LogP contribution in [0.3, 0.4) is 0 Å². The number of nitrogen functional groups attached to an aromatic ring is 1. The Kier molecular flexibility index (Phi) is 4.54. The zero-order valence-corrected chi connectivity index (χ0v) is 16.6. The third kappa shape index (κ3) is 3.17. The Morgan fingerprint density at radius 1 is 1.52 bits per heavy atom. The number of hydrogen-bond donors (Lipinski definition) is 2. The lowest BCUT2D eigenvalue weighted by molar-refractivity contribution is -0.0733. The lowest BCUT2D eigenvalue weighted by Gasteiger charge is -2.33. The Hall–Kier alpha value is -1.20. The fraction of sp³-hybridized carbons (Fsp3) is 0.615. The predicted molar refractivity (Wildman–Crippen MR) is 95.6 cm³/mol. The zero-order valence-electron chi connectivity index (χ0n) is 14.2. The number of halogens is 2. The van der Waals surface area contributed by atoms with Gasteiger partial charge in [-0.05, 0) is 13.8 Å². The summed E-state index contributed by atoms with van der Waals surface area (Å²) in [7, 11) is -3.85. The molecule has 1 unspecified atom stereocenters. The van der Waals surface area contributed by atoms with E-state index in [2.05, 4.69) is 15.0 Å². The molecule has 2 aromatic rings. The molecule has 11 nitrogen and oxygen atoms in total. The number of alkyl halides is 2. The number of aromatic amines is 1. The van der Waals surface area contributed by atoms with E-state index >= 15 is 0 Å². The third-order valence-corrected chi connectivity index (χ3v) is 6.47. The topological polar surface area (TPSA) is 144 Å². The third-order valence-electron chi connectivity index (χ3n) is 4.03. The SMILES string of the molecule is CC(C)OP1(=O)OC[C@H]2O[C@@H](n3cnc4c(=O)[nH]c(N)nc43)C(Cl)(Cl)[C@@H]2O1. The molecule has 0 radical (unpaired) electrons. The highest BCUT2D eigenvalue weighted by Gasteiger charge is 2.62. The van der Waals surface area contributed by atoms with Crippen LogP contribution in [0.5, 0.6) is 0 Å². The predicted octanol–water partition coefficient (Wildman–Crippen LogP) is 1.72. The number of phosphoric ester groups is 1. The summed E-state index contributed by atoms with van der Waals surface area (Å²) in [5, 5.41) is 0. The molecule has 3 N–H and O–H groups in total. The van der Waals surface area contributed by atoms with E-state index in [0.717, 1.165) is 0 Å². The largest absolute Gasteiger partial charge is 0.475 e. The van der Waals surface area contributed by atoms with E-state index in [0.29, 0.717) is 0 Å². The summed E-state index contributed by atoms with van der Waals surface area (Å²) in [5.41, 5.74) is 5.26. The van der Waals surface area contributed by atoms with Gasteiger partial charge in [-0.15, -0.1) is 0 Å². The van der Waals surface area contributed by atoms with Gasteiger partial charge in [-0.1, -0.05) is 23.2 Å². The number of ether oxygens (including phenoxy) is 1. The lowest BCUT2D eigenvalue weighted by Crippen LogP contribution is -2.42. The van der Waals surface area contributed by atoms with Crippen LogP contribution >= 0.6 is 31.0 Å². The summed E-state index contributed by atoms with van der Waals surface area (Å²) in [4.78, 5) is 22.4. The van der Waals surface area contributed by atoms with Crippen molar-refractivity contribution in [3.05, 3.63) is 16.7 Å². The molecule has 0 spiro atoms. The summed E-state index contributed by atoms with van der Waals surface area (Å²) in [6.45, 7) is 3.27. The molecule has 4 atom stereocenters. The highest BCUT2D eigenvalue weighted by atomic mass is 35.5. The van der Waals surface area contributed by atoms with Gasteiger partial charge in [0, 0.05) is 0 Å². The maximum Gasteiger partial charge on any atom is 0.475 e. The first-order valence-corrected chi connectivity index (χ1v) is 10.2. The first kappa shape index (κ1) is 19.1. The molecule has 2 fully saturated rings. The van der Waals surface area contributed by atoms with Crippen molar-refractivity contribution in [3.63, 3.8) is 0 Å². The fourth-order valence-corrected chi connectivity index (χ4v) is 5.40. The number of phosphoric acid groups is 1. The number of nitrogens with one attached hydrogen (secondary N) is 1. The number of nitrogens with zero attached hydrogens (tertiary/aromatic N) is 3. The minimum Gasteiger partial charge on any atom is -0.369 e. The maximum atomic E-state index is 12.6. The normalized spacial score (nSPS) is 32.9. The summed E-state index contributed by atoms with van der Waals surface area (Å²) < 4.78 is 34.1. The van der Waals surface area contributed by atoms with Gasteiger partial charge in [-0.2, -0.15) is 4.98 Å². The molecule has 4 rings (SSSR count). The molecular formula is C13H16Cl2N5O6P. The van der Waals surface area contributed by atoms with E-state index in [9.17, 15) is 9.36 Å². The van der Waals surface area contributed by atoms with Crippen LogP contribution in [0.4, 0.5) is 5.95 Å². The fourth-order valence-electron chi connectivity index (χ4n) is 2.99. The van der Waals surface area contributed by atoms with Crippen LogP contribution in [0.1, 0.15) is 20.1 Å². The molecule has 4 heterocycles. The Labute approximate surface area is 162 Å². The lowest BCUT2D eigenvalue weighted by atomic mass is 10.2. The van der Waals surface area contributed by atoms with Gasteiger partial charge in [0.05, 0.1) is 19.0 Å². The van der Waals surface area contributed by atoms with Crippen LogP contribution in [-0.2, 0) is 22.9 Å². The quantitative estimate of drug-likeness (QED) is 0.539. The van der Waals surface area contributed by atoms with Crippen LogP contribution in [0.2, 0.25) is 0 Å². The van der Waals surface area contributed by atoms with Crippen LogP contribution in [-0.4, -0.2) is 48.8 Å². The molecule has 0 bridgehead atoms. The standard InChI is InChI=1S/C13H16Cl2N5O6P/c1-5(2)25-27(22)23-3-6-8(26-27)13(14,15)11(24-6)20-4-17-7-9(20)18-12(16)19-10(7)21/h4-6,8,11H,3H2,1-2H3,(H3,16,18,19,21)/t6-,8-,11-,27?/m1/s1. The van der Waals surface area contributed by atoms with Crippen molar-refractivity contribution in [3.8, 4) is 0 Å². The smallest absolute Gasteiger partial charge is 0.369 e. The number of fused-ring (bicyclic) bond motifs is 2. The van der Waals surface area contributed by atoms with Crippen LogP contribution in [0, 0.1) is 0 Å². The summed E-state index contributed by atoms with van der Waals surface area (Å²) >= 11 is 13.1. The molecule has 27 heavy (non-hydrogen) atoms. The number of anilines is 1. The van der Waals surface area contributed by atoms with Crippen molar-refractivity contribution in [2.75, 3.05) is 12.3 Å². The second kappa shape index (κ2) is 6.41. The Balaban J connectivity index is 1.71. The van der Waals surface area contributed by atoms with E-state index in [1.165, 1.54) is 10.9 Å². The average molecular weight is 440 g/mol. The van der Waals surface area contributed by atoms with E-state index in [1.807, 2.05) is 0 Å². The number of nitrogens with two attached hydrogens (primary N) is 1. The van der Waals surface area contributed by atoms with Crippen molar-refractivity contribution >= 4 is 48.1 Å². The molecular weight excluding hydrogens is 424 g/mol. The first-order valence-electron chi connectivity index (χ1n) is 7.98. The molecule has 0 aliphatic carbocycles. The summed E-state index contributed by atoms with van der Waals surface area (Å²) in [6, 6.07) is 0. The van der Waals surface area contributed by atoms with Crippen LogP contribution in [0.25, 0.3) is 11.2 Å². The second-order valence-corrected chi connectivity index (χ2v) is 9.42. The minimum absolute atomic E-state index is 0.0396. The maximum absolute atomic E-state index is 12.6. The van der Waals surface area contributed by atoms with E-state index in [1.54, 1.807) is 13.8 Å². The number of H-pyrrole nitrogens is 1. The number of rotatable bonds is 3. The molecule has 0 amide bonds. The zero-order chi connectivity index (χ0) is 19.6. The van der Waals surface area contributed by atoms with E-state index < -0.39 is 42.3 Å². The van der Waals surface area contributed by atoms with Crippen molar-refractivity contribution in [1.29, 1.82) is 0 Å². The van der Waals surface area contributed by atoms with Gasteiger partial charge in [0.1, 0.15) is 12.2 Å². The van der Waals surface area contributed by atoms with Crippen molar-refractivity contribution in [2.45, 2.75) is 42.7 Å². The summed E-state index contributed by atoms with van der Waals surface area (Å²) in [5.74, 6) is -0.103. The second-order valence-electron chi connectivity index (χ2n) is 6.40. The molecule has 0 saturated carbocycles. The van der Waals surface area contributed by atoms with Crippen molar-refractivity contribution < 1.29 is 22.9 Å². The van der Waals surface area contributed by atoms with E-state index in [-0.39, 0.29) is 23.7 Å². The van der Waals surface area contributed by atoms with E-state index in [4.69, 9.17) is 47.2 Å².